The van der Waals surface area contributed by atoms with Gasteiger partial charge in [-0.05, 0) is 24.6 Å². The van der Waals surface area contributed by atoms with E-state index < -0.39 is 0 Å². The van der Waals surface area contributed by atoms with Crippen LogP contribution < -0.4 is 0 Å². The number of hydrogen-bond acceptors (Lipinski definition) is 3. The zero-order valence-corrected chi connectivity index (χ0v) is 11.2. The molecule has 0 unspecified atom stereocenters. The molecule has 2 atom stereocenters. The van der Waals surface area contributed by atoms with Crippen LogP contribution in [0.5, 0.6) is 0 Å². The quantitative estimate of drug-likeness (QED) is 0.841. The van der Waals surface area contributed by atoms with Gasteiger partial charge in [-0.25, -0.2) is 4.39 Å². The Labute approximate surface area is 110 Å². The molecule has 5 heteroatoms. The molecule has 0 radical (unpaired) electrons. The van der Waals surface area contributed by atoms with E-state index in [-0.39, 0.29) is 22.3 Å². The van der Waals surface area contributed by atoms with E-state index in [9.17, 15) is 9.18 Å². The number of thioether (sulfide) groups is 1. The molecule has 0 aromatic heterocycles. The fraction of sp³-hybridized carbons (Fsp3) is 0.462. The highest BCUT2D eigenvalue weighted by atomic mass is 32.2. The van der Waals surface area contributed by atoms with E-state index in [1.807, 2.05) is 13.0 Å². The number of methoxy groups -OCH3 is 1. The summed E-state index contributed by atoms with van der Waals surface area (Å²) >= 11 is 1.55. The number of amides is 1. The Bertz CT molecular complexity index is 441. The van der Waals surface area contributed by atoms with Gasteiger partial charge in [0, 0.05) is 13.7 Å². The number of benzene rings is 1. The summed E-state index contributed by atoms with van der Waals surface area (Å²) in [7, 11) is 1.61. The van der Waals surface area contributed by atoms with Crippen molar-refractivity contribution in [3.63, 3.8) is 0 Å². The number of halogens is 1. The molecule has 1 amide bonds. The van der Waals surface area contributed by atoms with Crippen molar-refractivity contribution in [3.8, 4) is 0 Å². The molecule has 1 aliphatic rings. The molecule has 0 N–H and O–H groups in total. The molecule has 1 aromatic rings. The number of rotatable bonds is 4. The minimum Gasteiger partial charge on any atom is -0.383 e. The van der Waals surface area contributed by atoms with E-state index in [1.54, 1.807) is 29.8 Å². The van der Waals surface area contributed by atoms with Gasteiger partial charge in [-0.2, -0.15) is 0 Å². The van der Waals surface area contributed by atoms with Crippen LogP contribution in [0.15, 0.2) is 24.3 Å². The van der Waals surface area contributed by atoms with E-state index in [2.05, 4.69) is 0 Å². The molecule has 1 saturated heterocycles. The van der Waals surface area contributed by atoms with E-state index in [0.29, 0.717) is 13.2 Å². The van der Waals surface area contributed by atoms with Gasteiger partial charge in [0.25, 0.3) is 0 Å². The van der Waals surface area contributed by atoms with E-state index in [0.717, 1.165) is 5.56 Å². The van der Waals surface area contributed by atoms with Crippen LogP contribution in [0.1, 0.15) is 17.9 Å². The standard InChI is InChI=1S/C13H16FNO2S/c1-9-12(16)15(6-7-17-2)13(18-9)10-4-3-5-11(14)8-10/h3-5,8-9,13H,6-7H2,1-2H3/t9-,13+/m0/s1. The molecule has 0 saturated carbocycles. The van der Waals surface area contributed by atoms with Gasteiger partial charge in [0.05, 0.1) is 11.9 Å². The normalized spacial score (nSPS) is 23.7. The minimum atomic E-state index is -0.271. The molecule has 98 valence electrons. The molecule has 0 aliphatic carbocycles. The van der Waals surface area contributed by atoms with Crippen molar-refractivity contribution in [1.82, 2.24) is 4.90 Å². The molecule has 1 fully saturated rings. The molecule has 1 heterocycles. The fourth-order valence-electron chi connectivity index (χ4n) is 2.01. The van der Waals surface area contributed by atoms with Gasteiger partial charge < -0.3 is 9.64 Å². The van der Waals surface area contributed by atoms with Gasteiger partial charge in [-0.15, -0.1) is 11.8 Å². The van der Waals surface area contributed by atoms with Crippen molar-refractivity contribution >= 4 is 17.7 Å². The fourth-order valence-corrected chi connectivity index (χ4v) is 3.31. The maximum absolute atomic E-state index is 13.3. The average molecular weight is 269 g/mol. The molecule has 1 aliphatic heterocycles. The molecule has 1 aromatic carbocycles. The first kappa shape index (κ1) is 13.4. The van der Waals surface area contributed by atoms with Crippen molar-refractivity contribution in [2.75, 3.05) is 20.3 Å². The molecule has 18 heavy (non-hydrogen) atoms. The van der Waals surface area contributed by atoms with Crippen LogP contribution in [0.25, 0.3) is 0 Å². The summed E-state index contributed by atoms with van der Waals surface area (Å²) in [5.74, 6) is -0.182. The van der Waals surface area contributed by atoms with Crippen molar-refractivity contribution in [1.29, 1.82) is 0 Å². The third kappa shape index (κ3) is 2.67. The van der Waals surface area contributed by atoms with Crippen LogP contribution in [0.3, 0.4) is 0 Å². The monoisotopic (exact) mass is 269 g/mol. The summed E-state index contributed by atoms with van der Waals surface area (Å²) in [6.45, 7) is 2.91. The number of ether oxygens (including phenoxy) is 1. The second kappa shape index (κ2) is 5.71. The highest BCUT2D eigenvalue weighted by Crippen LogP contribution is 2.42. The van der Waals surface area contributed by atoms with Crippen molar-refractivity contribution in [2.45, 2.75) is 17.5 Å². The minimum absolute atomic E-state index is 0.0878. The zero-order chi connectivity index (χ0) is 13.1. The van der Waals surface area contributed by atoms with Gasteiger partial charge in [0.15, 0.2) is 0 Å². The molecule has 2 rings (SSSR count). The molecule has 3 nitrogen and oxygen atoms in total. The highest BCUT2D eigenvalue weighted by molar-refractivity contribution is 8.01. The number of nitrogens with zero attached hydrogens (tertiary/aromatic N) is 1. The Morgan fingerprint density at radius 3 is 2.94 bits per heavy atom. The van der Waals surface area contributed by atoms with E-state index in [1.165, 1.54) is 12.1 Å². The Balaban J connectivity index is 2.22. The van der Waals surface area contributed by atoms with Gasteiger partial charge in [-0.1, -0.05) is 12.1 Å². The average Bonchev–Trinajstić information content (AvgIpc) is 2.64. The summed E-state index contributed by atoms with van der Waals surface area (Å²) < 4.78 is 18.3. The topological polar surface area (TPSA) is 29.5 Å². The third-order valence-electron chi connectivity index (χ3n) is 2.92. The lowest BCUT2D eigenvalue weighted by Crippen LogP contribution is -2.33. The molecular weight excluding hydrogens is 253 g/mol. The first-order chi connectivity index (χ1) is 8.63. The lowest BCUT2D eigenvalue weighted by atomic mass is 10.2. The number of hydrogen-bond donors (Lipinski definition) is 0. The summed E-state index contributed by atoms with van der Waals surface area (Å²) in [5.41, 5.74) is 0.828. The van der Waals surface area contributed by atoms with Crippen LogP contribution >= 0.6 is 11.8 Å². The van der Waals surface area contributed by atoms with Gasteiger partial charge in [0.2, 0.25) is 5.91 Å². The second-order valence-electron chi connectivity index (χ2n) is 4.21. The number of carbonyl (C=O) groups excluding carboxylic acids is 1. The van der Waals surface area contributed by atoms with Crippen LogP contribution in [-0.4, -0.2) is 36.3 Å². The lowest BCUT2D eigenvalue weighted by molar-refractivity contribution is -0.130. The summed E-state index contributed by atoms with van der Waals surface area (Å²) in [5, 5.41) is -0.200. The van der Waals surface area contributed by atoms with Crippen molar-refractivity contribution in [2.24, 2.45) is 0 Å². The highest BCUT2D eigenvalue weighted by Gasteiger charge is 2.38. The van der Waals surface area contributed by atoms with Crippen LogP contribution in [0, 0.1) is 5.82 Å². The van der Waals surface area contributed by atoms with Crippen LogP contribution in [0.4, 0.5) is 4.39 Å². The lowest BCUT2D eigenvalue weighted by Gasteiger charge is -2.23. The Morgan fingerprint density at radius 1 is 1.50 bits per heavy atom. The molecular formula is C13H16FNO2S. The maximum Gasteiger partial charge on any atom is 0.236 e. The van der Waals surface area contributed by atoms with E-state index in [4.69, 9.17) is 4.74 Å². The first-order valence-electron chi connectivity index (χ1n) is 5.84. The Hall–Kier alpha value is -1.07. The maximum atomic E-state index is 13.3. The summed E-state index contributed by atoms with van der Waals surface area (Å²) in [6.07, 6.45) is 0. The Morgan fingerprint density at radius 2 is 2.28 bits per heavy atom. The predicted molar refractivity (Wildman–Crippen MR) is 69.8 cm³/mol. The largest absolute Gasteiger partial charge is 0.383 e. The van der Waals surface area contributed by atoms with Crippen LogP contribution in [0.2, 0.25) is 0 Å². The van der Waals surface area contributed by atoms with Gasteiger partial charge in [0.1, 0.15) is 11.2 Å². The molecule has 0 bridgehead atoms. The zero-order valence-electron chi connectivity index (χ0n) is 10.4. The van der Waals surface area contributed by atoms with Crippen LogP contribution in [-0.2, 0) is 9.53 Å². The van der Waals surface area contributed by atoms with E-state index >= 15 is 0 Å². The second-order valence-corrected chi connectivity index (χ2v) is 5.64. The smallest absolute Gasteiger partial charge is 0.236 e. The number of carbonyl (C=O) groups is 1. The Kier molecular flexibility index (Phi) is 4.24. The predicted octanol–water partition coefficient (Wildman–Crippen LogP) is 2.43. The van der Waals surface area contributed by atoms with Gasteiger partial charge in [-0.3, -0.25) is 4.79 Å². The molecule has 0 spiro atoms. The van der Waals surface area contributed by atoms with Crippen molar-refractivity contribution < 1.29 is 13.9 Å². The first-order valence-corrected chi connectivity index (χ1v) is 6.78. The van der Waals surface area contributed by atoms with Crippen molar-refractivity contribution in [3.05, 3.63) is 35.6 Å². The third-order valence-corrected chi connectivity index (χ3v) is 4.31. The summed E-state index contributed by atoms with van der Waals surface area (Å²) in [4.78, 5) is 13.8. The van der Waals surface area contributed by atoms with Gasteiger partial charge >= 0.3 is 0 Å². The summed E-state index contributed by atoms with van der Waals surface area (Å²) in [6, 6.07) is 6.43. The SMILES string of the molecule is COCCN1C(=O)[C@H](C)S[C@@H]1c1cccc(F)c1.